The summed E-state index contributed by atoms with van der Waals surface area (Å²) in [5.41, 5.74) is 0. The van der Waals surface area contributed by atoms with E-state index in [1.54, 1.807) is 13.8 Å². The molecular weight excluding hydrogens is 281 g/mol. The summed E-state index contributed by atoms with van der Waals surface area (Å²) in [7, 11) is 0. The molecule has 0 saturated carbocycles. The summed E-state index contributed by atoms with van der Waals surface area (Å²) in [5.74, 6) is -1.41. The molecule has 0 aliphatic heterocycles. The monoisotopic (exact) mass is 300 g/mol. The molecular formula is C11H19F3N2O4. The van der Waals surface area contributed by atoms with Crippen LogP contribution in [0.2, 0.25) is 0 Å². The van der Waals surface area contributed by atoms with Gasteiger partial charge in [-0.3, -0.25) is 4.79 Å². The Morgan fingerprint density at radius 1 is 1.20 bits per heavy atom. The van der Waals surface area contributed by atoms with Crippen molar-refractivity contribution in [3.8, 4) is 0 Å². The molecule has 0 aliphatic carbocycles. The Balaban J connectivity index is 4.98. The highest BCUT2D eigenvalue weighted by Crippen LogP contribution is 2.17. The van der Waals surface area contributed by atoms with Gasteiger partial charge in [0.2, 0.25) is 0 Å². The molecule has 0 bridgehead atoms. The number of alkyl halides is 3. The summed E-state index contributed by atoms with van der Waals surface area (Å²) >= 11 is 0. The van der Waals surface area contributed by atoms with Crippen molar-refractivity contribution in [1.29, 1.82) is 0 Å². The zero-order chi connectivity index (χ0) is 15.9. The average Bonchev–Trinajstić information content (AvgIpc) is 2.23. The number of amides is 2. The molecule has 0 aromatic rings. The molecule has 0 rings (SSSR count). The van der Waals surface area contributed by atoms with Gasteiger partial charge in [0.1, 0.15) is 13.1 Å². The van der Waals surface area contributed by atoms with E-state index >= 15 is 0 Å². The Morgan fingerprint density at radius 2 is 1.75 bits per heavy atom. The van der Waals surface area contributed by atoms with E-state index in [4.69, 9.17) is 10.2 Å². The van der Waals surface area contributed by atoms with Gasteiger partial charge in [-0.1, -0.05) is 13.8 Å². The molecule has 0 spiro atoms. The molecule has 0 radical (unpaired) electrons. The van der Waals surface area contributed by atoms with E-state index in [1.807, 2.05) is 0 Å². The maximum atomic E-state index is 12.4. The maximum Gasteiger partial charge on any atom is 0.406 e. The van der Waals surface area contributed by atoms with Gasteiger partial charge >= 0.3 is 18.2 Å². The van der Waals surface area contributed by atoms with Crippen LogP contribution in [0.5, 0.6) is 0 Å². The Labute approximate surface area is 114 Å². The summed E-state index contributed by atoms with van der Waals surface area (Å²) < 4.78 is 37.1. The number of nitrogens with zero attached hydrogens (tertiary/aromatic N) is 2. The highest BCUT2D eigenvalue weighted by Gasteiger charge is 2.34. The fourth-order valence-electron chi connectivity index (χ4n) is 1.59. The second-order valence-electron chi connectivity index (χ2n) is 4.71. The lowest BCUT2D eigenvalue weighted by Crippen LogP contribution is -2.50. The number of carbonyl (C=O) groups is 2. The number of aliphatic hydroxyl groups is 1. The Kier molecular flexibility index (Phi) is 7.33. The number of aliphatic hydroxyl groups excluding tert-OH is 1. The van der Waals surface area contributed by atoms with Crippen molar-refractivity contribution in [2.24, 2.45) is 5.92 Å². The van der Waals surface area contributed by atoms with Crippen molar-refractivity contribution in [3.05, 3.63) is 0 Å². The smallest absolute Gasteiger partial charge is 0.406 e. The number of hydrogen-bond donors (Lipinski definition) is 2. The van der Waals surface area contributed by atoms with Crippen molar-refractivity contribution < 1.29 is 33.0 Å². The minimum absolute atomic E-state index is 0.0188. The molecule has 0 aliphatic rings. The summed E-state index contributed by atoms with van der Waals surface area (Å²) in [6.07, 6.45) is -4.61. The summed E-state index contributed by atoms with van der Waals surface area (Å²) in [5, 5.41) is 17.4. The van der Waals surface area contributed by atoms with Crippen LogP contribution in [0.4, 0.5) is 18.0 Å². The lowest BCUT2D eigenvalue weighted by Gasteiger charge is -2.30. The van der Waals surface area contributed by atoms with E-state index in [-0.39, 0.29) is 12.5 Å². The third-order valence-electron chi connectivity index (χ3n) is 2.19. The largest absolute Gasteiger partial charge is 0.480 e. The molecule has 2 N–H and O–H groups in total. The number of carboxylic acids is 1. The Morgan fingerprint density at radius 3 is 2.10 bits per heavy atom. The second-order valence-corrected chi connectivity index (χ2v) is 4.71. The van der Waals surface area contributed by atoms with Crippen LogP contribution in [0.25, 0.3) is 0 Å². The van der Waals surface area contributed by atoms with E-state index in [1.165, 1.54) is 0 Å². The van der Waals surface area contributed by atoms with Crippen LogP contribution >= 0.6 is 0 Å². The predicted octanol–water partition coefficient (Wildman–Crippen LogP) is 1.01. The standard InChI is InChI=1S/C11H19F3N2O4/c1-8(2)5-16(6-9(18)19)10(20)15(3-4-17)7-11(12,13)14/h8,17H,3-7H2,1-2H3,(H,18,19). The summed E-state index contributed by atoms with van der Waals surface area (Å²) in [4.78, 5) is 23.9. The van der Waals surface area contributed by atoms with Crippen LogP contribution in [-0.4, -0.2) is 71.0 Å². The molecule has 0 atom stereocenters. The molecule has 0 aromatic heterocycles. The Hall–Kier alpha value is -1.51. The normalized spacial score (nSPS) is 11.6. The SMILES string of the molecule is CC(C)CN(CC(=O)O)C(=O)N(CCO)CC(F)(F)F. The van der Waals surface area contributed by atoms with Gasteiger partial charge in [-0.25, -0.2) is 4.79 Å². The highest BCUT2D eigenvalue weighted by atomic mass is 19.4. The van der Waals surface area contributed by atoms with Crippen molar-refractivity contribution in [2.75, 3.05) is 32.8 Å². The number of halogens is 3. The molecule has 0 fully saturated rings. The first-order valence-corrected chi connectivity index (χ1v) is 6.00. The van der Waals surface area contributed by atoms with Crippen LogP contribution in [0.1, 0.15) is 13.8 Å². The highest BCUT2D eigenvalue weighted by molar-refractivity contribution is 5.80. The molecule has 0 aromatic carbocycles. The molecule has 9 heteroatoms. The van der Waals surface area contributed by atoms with Gasteiger partial charge < -0.3 is 20.0 Å². The number of carbonyl (C=O) groups excluding carboxylic acids is 1. The van der Waals surface area contributed by atoms with Gasteiger partial charge in [-0.2, -0.15) is 13.2 Å². The van der Waals surface area contributed by atoms with Gasteiger partial charge in [0, 0.05) is 13.1 Å². The third kappa shape index (κ3) is 7.82. The van der Waals surface area contributed by atoms with E-state index in [0.717, 1.165) is 4.90 Å². The van der Waals surface area contributed by atoms with Crippen molar-refractivity contribution in [3.63, 3.8) is 0 Å². The average molecular weight is 300 g/mol. The first-order valence-electron chi connectivity index (χ1n) is 6.00. The van der Waals surface area contributed by atoms with Crippen molar-refractivity contribution >= 4 is 12.0 Å². The Bertz CT molecular complexity index is 334. The van der Waals surface area contributed by atoms with Gasteiger partial charge in [0.05, 0.1) is 6.61 Å². The van der Waals surface area contributed by atoms with Gasteiger partial charge in [-0.15, -0.1) is 0 Å². The van der Waals surface area contributed by atoms with E-state index in [2.05, 4.69) is 0 Å². The number of rotatable bonds is 7. The quantitative estimate of drug-likeness (QED) is 0.735. The van der Waals surface area contributed by atoms with Gasteiger partial charge in [0.15, 0.2) is 0 Å². The van der Waals surface area contributed by atoms with E-state index in [0.29, 0.717) is 4.90 Å². The fourth-order valence-corrected chi connectivity index (χ4v) is 1.59. The lowest BCUT2D eigenvalue weighted by molar-refractivity contribution is -0.142. The minimum Gasteiger partial charge on any atom is -0.480 e. The fraction of sp³-hybridized carbons (Fsp3) is 0.818. The van der Waals surface area contributed by atoms with Crippen LogP contribution in [0, 0.1) is 5.92 Å². The lowest BCUT2D eigenvalue weighted by atomic mass is 10.2. The zero-order valence-electron chi connectivity index (χ0n) is 11.4. The molecule has 6 nitrogen and oxygen atoms in total. The van der Waals surface area contributed by atoms with Crippen LogP contribution in [0.3, 0.4) is 0 Å². The van der Waals surface area contributed by atoms with E-state index < -0.39 is 44.4 Å². The number of hydrogen-bond acceptors (Lipinski definition) is 3. The predicted molar refractivity (Wildman–Crippen MR) is 64.2 cm³/mol. The van der Waals surface area contributed by atoms with Crippen LogP contribution in [0.15, 0.2) is 0 Å². The topological polar surface area (TPSA) is 81.1 Å². The first kappa shape index (κ1) is 18.5. The number of carboxylic acid groups (broad SMARTS) is 1. The molecule has 2 amide bonds. The van der Waals surface area contributed by atoms with Crippen LogP contribution < -0.4 is 0 Å². The molecule has 20 heavy (non-hydrogen) atoms. The second kappa shape index (κ2) is 7.93. The summed E-state index contributed by atoms with van der Waals surface area (Å²) in [6, 6.07) is -1.05. The molecule has 0 heterocycles. The van der Waals surface area contributed by atoms with Crippen molar-refractivity contribution in [2.45, 2.75) is 20.0 Å². The molecule has 0 saturated heterocycles. The maximum absolute atomic E-state index is 12.4. The van der Waals surface area contributed by atoms with Crippen molar-refractivity contribution in [1.82, 2.24) is 9.80 Å². The van der Waals surface area contributed by atoms with E-state index in [9.17, 15) is 22.8 Å². The van der Waals surface area contributed by atoms with Gasteiger partial charge in [0.25, 0.3) is 0 Å². The van der Waals surface area contributed by atoms with Crippen LogP contribution in [-0.2, 0) is 4.79 Å². The van der Waals surface area contributed by atoms with Gasteiger partial charge in [-0.05, 0) is 5.92 Å². The molecule has 0 unspecified atom stereocenters. The number of aliphatic carboxylic acids is 1. The third-order valence-corrected chi connectivity index (χ3v) is 2.19. The number of urea groups is 1. The summed E-state index contributed by atoms with van der Waals surface area (Å²) in [6.45, 7) is 0.0871. The zero-order valence-corrected chi connectivity index (χ0v) is 11.4. The first-order chi connectivity index (χ1) is 9.06. The minimum atomic E-state index is -4.61. The molecule has 118 valence electrons.